The van der Waals surface area contributed by atoms with E-state index >= 15 is 0 Å². The van der Waals surface area contributed by atoms with E-state index in [1.54, 1.807) is 13.8 Å². The quantitative estimate of drug-likeness (QED) is 0.0413. The van der Waals surface area contributed by atoms with Crippen LogP contribution in [0.1, 0.15) is 99.3 Å². The van der Waals surface area contributed by atoms with Crippen molar-refractivity contribution in [1.82, 2.24) is 5.32 Å². The molecule has 0 saturated heterocycles. The molecule has 0 aliphatic rings. The summed E-state index contributed by atoms with van der Waals surface area (Å²) in [6.07, 6.45) is 25.2. The van der Waals surface area contributed by atoms with Gasteiger partial charge >= 0.3 is 23.9 Å². The van der Waals surface area contributed by atoms with Crippen LogP contribution in [0.2, 0.25) is 0 Å². The van der Waals surface area contributed by atoms with Crippen LogP contribution in [0.25, 0.3) is 0 Å². The van der Waals surface area contributed by atoms with E-state index < -0.39 is 41.3 Å². The molecule has 1 atom stereocenters. The Bertz CT molecular complexity index is 1670. The number of phenolic OH excluding ortho intramolecular Hbond substituents is 1. The lowest BCUT2D eigenvalue weighted by molar-refractivity contribution is -0.153. The van der Waals surface area contributed by atoms with Crippen LogP contribution in [0.4, 0.5) is 0 Å². The van der Waals surface area contributed by atoms with Crippen LogP contribution >= 0.6 is 0 Å². The maximum atomic E-state index is 13.5. The molecule has 2 rings (SSSR count). The number of hydrogen-bond acceptors (Lipinski definition) is 9. The highest BCUT2D eigenvalue weighted by Crippen LogP contribution is 2.29. The minimum Gasteiger partial charge on any atom is -0.507 e. The summed E-state index contributed by atoms with van der Waals surface area (Å²) < 4.78 is 16.5. The summed E-state index contributed by atoms with van der Waals surface area (Å²) in [4.78, 5) is 63.1. The molecule has 3 N–H and O–H groups in total. The molecule has 290 valence electrons. The van der Waals surface area contributed by atoms with E-state index in [0.29, 0.717) is 12.8 Å². The van der Waals surface area contributed by atoms with Gasteiger partial charge in [-0.25, -0.2) is 9.59 Å². The van der Waals surface area contributed by atoms with E-state index in [2.05, 4.69) is 60.8 Å². The number of ether oxygens (including phenoxy) is 3. The largest absolute Gasteiger partial charge is 0.507 e. The Balaban J connectivity index is 1.92. The van der Waals surface area contributed by atoms with E-state index in [0.717, 1.165) is 32.1 Å². The second kappa shape index (κ2) is 25.3. The molecule has 0 radical (unpaired) electrons. The fourth-order valence-corrected chi connectivity index (χ4v) is 4.80. The molecule has 0 heterocycles. The number of aromatic hydroxyl groups is 1. The molecule has 11 nitrogen and oxygen atoms in total. The standard InChI is InChI=1S/C43H53NO10/c1-4-5-6-7-8-9-10-11-12-13-14-15-16-17-18-19-20-29-38(48)52-32-43(2,3)39(40(49)44-31-30-37(46)47)54-42(51)34-26-22-24-28-36(34)53-41(50)33-25-21-23-27-35(33)45/h5-6,8-9,11-12,14-15,17-18,21-28,39,45H,4,7,10,13,16,19-20,29-32H2,1-3H3,(H,44,49)(H,46,47)/b6-5-,9-8-,12-11-,15-14-,18-17-. The van der Waals surface area contributed by atoms with Gasteiger partial charge in [0.15, 0.2) is 6.10 Å². The number of esters is 3. The first kappa shape index (κ1) is 44.5. The summed E-state index contributed by atoms with van der Waals surface area (Å²) in [6.45, 7) is 4.73. The number of unbranched alkanes of at least 4 members (excludes halogenated alkanes) is 1. The number of amides is 1. The van der Waals surface area contributed by atoms with Crippen LogP contribution in [0, 0.1) is 5.41 Å². The van der Waals surface area contributed by atoms with E-state index in [1.165, 1.54) is 48.5 Å². The minimum absolute atomic E-state index is 0.128. The molecule has 0 aliphatic heterocycles. The van der Waals surface area contributed by atoms with Crippen molar-refractivity contribution >= 4 is 29.8 Å². The van der Waals surface area contributed by atoms with Gasteiger partial charge in [-0.1, -0.05) is 106 Å². The second-order valence-corrected chi connectivity index (χ2v) is 12.9. The first-order chi connectivity index (χ1) is 26.0. The summed E-state index contributed by atoms with van der Waals surface area (Å²) >= 11 is 0. The number of benzene rings is 2. The van der Waals surface area contributed by atoms with Gasteiger partial charge in [0.25, 0.3) is 5.91 Å². The maximum absolute atomic E-state index is 13.5. The fraction of sp³-hybridized carbons (Fsp3) is 0.372. The predicted octanol–water partition coefficient (Wildman–Crippen LogP) is 8.22. The molecule has 0 fully saturated rings. The van der Waals surface area contributed by atoms with Gasteiger partial charge in [0.1, 0.15) is 29.2 Å². The number of rotatable bonds is 24. The van der Waals surface area contributed by atoms with Crippen molar-refractivity contribution in [3.05, 3.63) is 120 Å². The lowest BCUT2D eigenvalue weighted by Crippen LogP contribution is -2.49. The highest BCUT2D eigenvalue weighted by molar-refractivity contribution is 5.98. The van der Waals surface area contributed by atoms with Crippen LogP contribution in [0.15, 0.2) is 109 Å². The fourth-order valence-electron chi connectivity index (χ4n) is 4.80. The van der Waals surface area contributed by atoms with E-state index in [9.17, 15) is 29.1 Å². The van der Waals surface area contributed by atoms with E-state index in [4.69, 9.17) is 19.3 Å². The van der Waals surface area contributed by atoms with Gasteiger partial charge in [-0.3, -0.25) is 14.4 Å². The zero-order valence-corrected chi connectivity index (χ0v) is 31.4. The first-order valence-electron chi connectivity index (χ1n) is 18.2. The Morgan fingerprint density at radius 2 is 1.30 bits per heavy atom. The van der Waals surface area contributed by atoms with Crippen molar-refractivity contribution < 1.29 is 48.4 Å². The predicted molar refractivity (Wildman–Crippen MR) is 207 cm³/mol. The van der Waals surface area contributed by atoms with Crippen molar-refractivity contribution in [2.24, 2.45) is 5.41 Å². The molecular weight excluding hydrogens is 690 g/mol. The van der Waals surface area contributed by atoms with Crippen LogP contribution in [-0.2, 0) is 23.9 Å². The lowest BCUT2D eigenvalue weighted by Gasteiger charge is -2.32. The number of para-hydroxylation sites is 2. The van der Waals surface area contributed by atoms with Gasteiger partial charge in [0.2, 0.25) is 0 Å². The van der Waals surface area contributed by atoms with Crippen molar-refractivity contribution in [2.75, 3.05) is 13.2 Å². The number of hydrogen-bond donors (Lipinski definition) is 3. The smallest absolute Gasteiger partial charge is 0.347 e. The molecule has 1 unspecified atom stereocenters. The topological polar surface area (TPSA) is 166 Å². The number of phenols is 1. The summed E-state index contributed by atoms with van der Waals surface area (Å²) in [7, 11) is 0. The Hall–Kier alpha value is -5.71. The molecule has 0 aromatic heterocycles. The number of carboxylic acid groups (broad SMARTS) is 1. The van der Waals surface area contributed by atoms with Crippen LogP contribution in [-0.4, -0.2) is 59.3 Å². The first-order valence-corrected chi connectivity index (χ1v) is 18.2. The Labute approximate surface area is 318 Å². The molecule has 2 aromatic rings. The van der Waals surface area contributed by atoms with Gasteiger partial charge in [0.05, 0.1) is 6.42 Å². The zero-order chi connectivity index (χ0) is 39.6. The molecule has 0 bridgehead atoms. The summed E-state index contributed by atoms with van der Waals surface area (Å²) in [5.74, 6) is -4.87. The molecule has 1 amide bonds. The summed E-state index contributed by atoms with van der Waals surface area (Å²) in [6, 6.07) is 11.4. The number of aliphatic carboxylic acids is 1. The average molecular weight is 744 g/mol. The van der Waals surface area contributed by atoms with Crippen LogP contribution < -0.4 is 10.1 Å². The number of carboxylic acids is 1. The number of carbonyl (C=O) groups excluding carboxylic acids is 4. The third kappa shape index (κ3) is 17.7. The molecular formula is C43H53NO10. The summed E-state index contributed by atoms with van der Waals surface area (Å²) in [5, 5.41) is 21.5. The third-order valence-electron chi connectivity index (χ3n) is 7.76. The normalized spacial score (nSPS) is 12.5. The lowest BCUT2D eigenvalue weighted by atomic mass is 9.86. The van der Waals surface area contributed by atoms with E-state index in [1.807, 2.05) is 12.2 Å². The zero-order valence-electron chi connectivity index (χ0n) is 31.4. The van der Waals surface area contributed by atoms with Gasteiger partial charge in [-0.2, -0.15) is 0 Å². The average Bonchev–Trinajstić information content (AvgIpc) is 3.14. The third-order valence-corrected chi connectivity index (χ3v) is 7.76. The number of nitrogens with one attached hydrogen (secondary N) is 1. The molecule has 2 aromatic carbocycles. The Morgan fingerprint density at radius 1 is 0.741 bits per heavy atom. The van der Waals surface area contributed by atoms with Crippen molar-refractivity contribution in [2.45, 2.75) is 84.7 Å². The second-order valence-electron chi connectivity index (χ2n) is 12.9. The summed E-state index contributed by atoms with van der Waals surface area (Å²) in [5.41, 5.74) is -1.58. The minimum atomic E-state index is -1.53. The van der Waals surface area contributed by atoms with Crippen LogP contribution in [0.3, 0.4) is 0 Å². The Morgan fingerprint density at radius 3 is 1.89 bits per heavy atom. The number of allylic oxidation sites excluding steroid dienone is 10. The van der Waals surface area contributed by atoms with Gasteiger partial charge in [-0.15, -0.1) is 0 Å². The highest BCUT2D eigenvalue weighted by Gasteiger charge is 2.40. The van der Waals surface area contributed by atoms with Crippen LogP contribution in [0.5, 0.6) is 11.5 Å². The highest BCUT2D eigenvalue weighted by atomic mass is 16.6. The Kier molecular flexibility index (Phi) is 20.8. The molecule has 0 saturated carbocycles. The van der Waals surface area contributed by atoms with E-state index in [-0.39, 0.29) is 48.6 Å². The molecule has 54 heavy (non-hydrogen) atoms. The van der Waals surface area contributed by atoms with Gasteiger partial charge in [-0.05, 0) is 69.2 Å². The van der Waals surface area contributed by atoms with Crippen molar-refractivity contribution in [1.29, 1.82) is 0 Å². The molecule has 11 heteroatoms. The molecule has 0 spiro atoms. The maximum Gasteiger partial charge on any atom is 0.347 e. The van der Waals surface area contributed by atoms with Gasteiger partial charge in [0, 0.05) is 18.4 Å². The SMILES string of the molecule is CC/C=C\C/C=C\C/C=C\C/C=C\C/C=C\CCCC(=O)OCC(C)(C)C(OC(=O)c1ccccc1OC(=O)c1ccccc1O)C(=O)NCCC(=O)O. The number of carbonyl (C=O) groups is 5. The van der Waals surface area contributed by atoms with Crippen molar-refractivity contribution in [3.63, 3.8) is 0 Å². The van der Waals surface area contributed by atoms with Crippen molar-refractivity contribution in [3.8, 4) is 11.5 Å². The molecule has 0 aliphatic carbocycles. The van der Waals surface area contributed by atoms with Gasteiger partial charge < -0.3 is 29.7 Å². The monoisotopic (exact) mass is 743 g/mol.